The van der Waals surface area contributed by atoms with Crippen LogP contribution in [0.4, 0.5) is 0 Å². The van der Waals surface area contributed by atoms with E-state index in [0.717, 1.165) is 12.1 Å². The van der Waals surface area contributed by atoms with Crippen LogP contribution in [0.5, 0.6) is 0 Å². The molecule has 1 atom stereocenters. The molecule has 0 spiro atoms. The van der Waals surface area contributed by atoms with E-state index in [-0.39, 0.29) is 5.91 Å². The molecule has 0 heterocycles. The topological polar surface area (TPSA) is 41.5 Å². The van der Waals surface area contributed by atoms with Crippen LogP contribution in [0.25, 0.3) is 0 Å². The second-order valence-electron chi connectivity index (χ2n) is 3.42. The molecule has 68 valence electrons. The molecule has 0 aromatic heterocycles. The van der Waals surface area contributed by atoms with Crippen molar-refractivity contribution in [2.45, 2.75) is 39.5 Å². The van der Waals surface area contributed by atoms with Crippen LogP contribution in [-0.4, -0.2) is 11.6 Å². The fourth-order valence-electron chi connectivity index (χ4n) is 1.49. The Morgan fingerprint density at radius 2 is 2.33 bits per heavy atom. The highest BCUT2D eigenvalue weighted by Gasteiger charge is 2.15. The summed E-state index contributed by atoms with van der Waals surface area (Å²) in [6.07, 6.45) is 4.75. The summed E-state index contributed by atoms with van der Waals surface area (Å²) in [6, 6.07) is 0. The molecule has 1 amide bonds. The normalized spacial score (nSPS) is 27.2. The summed E-state index contributed by atoms with van der Waals surface area (Å²) < 4.78 is 0. The zero-order chi connectivity index (χ0) is 8.97. The number of amides is 1. The van der Waals surface area contributed by atoms with Crippen molar-refractivity contribution < 1.29 is 4.79 Å². The van der Waals surface area contributed by atoms with Crippen LogP contribution in [0, 0.1) is 5.92 Å². The van der Waals surface area contributed by atoms with Crippen molar-refractivity contribution in [3.8, 4) is 0 Å². The van der Waals surface area contributed by atoms with Gasteiger partial charge in [-0.2, -0.15) is 5.10 Å². The molecule has 1 aliphatic rings. The molecule has 3 heteroatoms. The molecule has 0 bridgehead atoms. The highest BCUT2D eigenvalue weighted by atomic mass is 16.2. The minimum atomic E-state index is -0.0831. The molecule has 3 nitrogen and oxygen atoms in total. The van der Waals surface area contributed by atoms with Crippen molar-refractivity contribution in [3.05, 3.63) is 0 Å². The molecule has 1 unspecified atom stereocenters. The smallest absolute Gasteiger partial charge is 0.236 e. The molecule has 1 saturated carbocycles. The SMILES string of the molecule is CC(=O)NN=C1CCCCC1C. The van der Waals surface area contributed by atoms with Gasteiger partial charge < -0.3 is 0 Å². The lowest BCUT2D eigenvalue weighted by Crippen LogP contribution is -2.22. The first kappa shape index (κ1) is 9.23. The van der Waals surface area contributed by atoms with Crippen LogP contribution in [0.2, 0.25) is 0 Å². The van der Waals surface area contributed by atoms with E-state index in [1.54, 1.807) is 0 Å². The minimum Gasteiger partial charge on any atom is -0.274 e. The zero-order valence-corrected chi connectivity index (χ0v) is 7.76. The van der Waals surface area contributed by atoms with E-state index in [1.807, 2.05) is 0 Å². The van der Waals surface area contributed by atoms with Gasteiger partial charge in [-0.05, 0) is 25.2 Å². The summed E-state index contributed by atoms with van der Waals surface area (Å²) in [7, 11) is 0. The van der Waals surface area contributed by atoms with Gasteiger partial charge in [0.25, 0.3) is 0 Å². The third kappa shape index (κ3) is 2.64. The summed E-state index contributed by atoms with van der Waals surface area (Å²) in [5.74, 6) is 0.464. The lowest BCUT2D eigenvalue weighted by atomic mass is 9.89. The predicted octanol–water partition coefficient (Wildman–Crippen LogP) is 1.69. The molecule has 1 rings (SSSR count). The van der Waals surface area contributed by atoms with Gasteiger partial charge in [0.15, 0.2) is 0 Å². The minimum absolute atomic E-state index is 0.0831. The van der Waals surface area contributed by atoms with Gasteiger partial charge in [0.2, 0.25) is 5.91 Å². The van der Waals surface area contributed by atoms with Gasteiger partial charge in [-0.1, -0.05) is 13.3 Å². The number of nitrogens with one attached hydrogen (secondary N) is 1. The number of hydrazone groups is 1. The summed E-state index contributed by atoms with van der Waals surface area (Å²) in [5, 5.41) is 4.08. The third-order valence-electron chi connectivity index (χ3n) is 2.25. The zero-order valence-electron chi connectivity index (χ0n) is 7.76. The first-order chi connectivity index (χ1) is 5.70. The number of carbonyl (C=O) groups is 1. The van der Waals surface area contributed by atoms with E-state index in [2.05, 4.69) is 17.5 Å². The molecule has 0 radical (unpaired) electrons. The van der Waals surface area contributed by atoms with Crippen molar-refractivity contribution >= 4 is 11.6 Å². The monoisotopic (exact) mass is 168 g/mol. The van der Waals surface area contributed by atoms with Crippen LogP contribution in [0.15, 0.2) is 5.10 Å². The van der Waals surface area contributed by atoms with Gasteiger partial charge in [-0.25, -0.2) is 5.43 Å². The van der Waals surface area contributed by atoms with Crippen molar-refractivity contribution in [3.63, 3.8) is 0 Å². The molecule has 0 saturated heterocycles. The van der Waals surface area contributed by atoms with Crippen LogP contribution in [-0.2, 0) is 4.79 Å². The summed E-state index contributed by atoms with van der Waals surface area (Å²) >= 11 is 0. The average molecular weight is 168 g/mol. The molecule has 0 aromatic carbocycles. The van der Waals surface area contributed by atoms with E-state index in [4.69, 9.17) is 0 Å². The highest BCUT2D eigenvalue weighted by Crippen LogP contribution is 2.20. The lowest BCUT2D eigenvalue weighted by molar-refractivity contribution is -0.118. The maximum atomic E-state index is 10.6. The molecule has 1 N–H and O–H groups in total. The number of carbonyl (C=O) groups excluding carboxylic acids is 1. The fourth-order valence-corrected chi connectivity index (χ4v) is 1.49. The van der Waals surface area contributed by atoms with Gasteiger partial charge in [-0.15, -0.1) is 0 Å². The van der Waals surface area contributed by atoms with Crippen LogP contribution in [0.3, 0.4) is 0 Å². The second-order valence-corrected chi connectivity index (χ2v) is 3.42. The van der Waals surface area contributed by atoms with Gasteiger partial charge >= 0.3 is 0 Å². The average Bonchev–Trinajstić information content (AvgIpc) is 2.03. The maximum Gasteiger partial charge on any atom is 0.236 e. The molecule has 0 aromatic rings. The van der Waals surface area contributed by atoms with Crippen molar-refractivity contribution in [1.82, 2.24) is 5.43 Å². The molecule has 12 heavy (non-hydrogen) atoms. The van der Waals surface area contributed by atoms with E-state index in [1.165, 1.54) is 26.2 Å². The Labute approximate surface area is 73.2 Å². The summed E-state index contributed by atoms with van der Waals surface area (Å²) in [6.45, 7) is 3.65. The fraction of sp³-hybridized carbons (Fsp3) is 0.778. The van der Waals surface area contributed by atoms with E-state index in [9.17, 15) is 4.79 Å². The molecule has 1 aliphatic carbocycles. The highest BCUT2D eigenvalue weighted by molar-refractivity contribution is 5.88. The van der Waals surface area contributed by atoms with Gasteiger partial charge in [0.1, 0.15) is 0 Å². The first-order valence-corrected chi connectivity index (χ1v) is 4.53. The Hall–Kier alpha value is -0.860. The second kappa shape index (κ2) is 4.24. The number of hydrogen-bond acceptors (Lipinski definition) is 2. The van der Waals surface area contributed by atoms with E-state index in [0.29, 0.717) is 5.92 Å². The lowest BCUT2D eigenvalue weighted by Gasteiger charge is -2.19. The quantitative estimate of drug-likeness (QED) is 0.595. The Morgan fingerprint density at radius 1 is 1.58 bits per heavy atom. The van der Waals surface area contributed by atoms with Crippen LogP contribution in [0.1, 0.15) is 39.5 Å². The van der Waals surface area contributed by atoms with Gasteiger partial charge in [0, 0.05) is 12.6 Å². The molecular formula is C9H16N2O. The van der Waals surface area contributed by atoms with E-state index >= 15 is 0 Å². The standard InChI is InChI=1S/C9H16N2O/c1-7-5-3-4-6-9(7)11-10-8(2)12/h7H,3-6H2,1-2H3,(H,10,12). The van der Waals surface area contributed by atoms with Gasteiger partial charge in [-0.3, -0.25) is 4.79 Å². The predicted molar refractivity (Wildman–Crippen MR) is 48.9 cm³/mol. The molecule has 1 fully saturated rings. The summed E-state index contributed by atoms with van der Waals surface area (Å²) in [5.41, 5.74) is 3.64. The van der Waals surface area contributed by atoms with Crippen molar-refractivity contribution in [1.29, 1.82) is 0 Å². The van der Waals surface area contributed by atoms with Crippen molar-refractivity contribution in [2.75, 3.05) is 0 Å². The van der Waals surface area contributed by atoms with E-state index < -0.39 is 0 Å². The summed E-state index contributed by atoms with van der Waals surface area (Å²) in [4.78, 5) is 10.6. The Kier molecular flexibility index (Phi) is 3.26. The van der Waals surface area contributed by atoms with Crippen molar-refractivity contribution in [2.24, 2.45) is 11.0 Å². The number of hydrogen-bond donors (Lipinski definition) is 1. The van der Waals surface area contributed by atoms with Crippen LogP contribution >= 0.6 is 0 Å². The number of rotatable bonds is 1. The molecule has 0 aliphatic heterocycles. The largest absolute Gasteiger partial charge is 0.274 e. The first-order valence-electron chi connectivity index (χ1n) is 4.53. The molecular weight excluding hydrogens is 152 g/mol. The van der Waals surface area contributed by atoms with Gasteiger partial charge in [0.05, 0.1) is 0 Å². The number of nitrogens with zero attached hydrogens (tertiary/aromatic N) is 1. The van der Waals surface area contributed by atoms with Crippen LogP contribution < -0.4 is 5.43 Å². The Bertz CT molecular complexity index is 199. The maximum absolute atomic E-state index is 10.6. The Balaban J connectivity index is 2.47. The Morgan fingerprint density at radius 3 is 2.92 bits per heavy atom. The third-order valence-corrected chi connectivity index (χ3v) is 2.25.